The van der Waals surface area contributed by atoms with Crippen molar-refractivity contribution >= 4 is 34.2 Å². The molecule has 0 unspecified atom stereocenters. The zero-order valence-corrected chi connectivity index (χ0v) is 8.59. The fourth-order valence-electron chi connectivity index (χ4n) is 1.03. The van der Waals surface area contributed by atoms with Crippen molar-refractivity contribution in [3.05, 3.63) is 24.3 Å². The summed E-state index contributed by atoms with van der Waals surface area (Å²) in [6.45, 7) is 0. The van der Waals surface area contributed by atoms with Gasteiger partial charge in [0.1, 0.15) is 0 Å². The Labute approximate surface area is 84.4 Å². The molecule has 0 saturated carbocycles. The van der Waals surface area contributed by atoms with Crippen molar-refractivity contribution in [3.63, 3.8) is 0 Å². The summed E-state index contributed by atoms with van der Waals surface area (Å²) in [5.41, 5.74) is 0. The summed E-state index contributed by atoms with van der Waals surface area (Å²) in [4.78, 5) is 2.21. The van der Waals surface area contributed by atoms with Gasteiger partial charge >= 0.3 is 0 Å². The van der Waals surface area contributed by atoms with E-state index in [-0.39, 0.29) is 0 Å². The molecule has 2 heteroatoms. The van der Waals surface area contributed by atoms with E-state index in [4.69, 9.17) is 24.4 Å². The number of hydrogen-bond donors (Lipinski definition) is 0. The molecule has 1 aliphatic carbocycles. The molecule has 0 spiro atoms. The predicted octanol–water partition coefficient (Wildman–Crippen LogP) is 3.41. The van der Waals surface area contributed by atoms with E-state index in [1.165, 1.54) is 0 Å². The van der Waals surface area contributed by atoms with Crippen LogP contribution >= 0.6 is 24.4 Å². The van der Waals surface area contributed by atoms with Gasteiger partial charge in [0.2, 0.25) is 0 Å². The second-order valence-electron chi connectivity index (χ2n) is 2.84. The van der Waals surface area contributed by atoms with E-state index < -0.39 is 0 Å². The van der Waals surface area contributed by atoms with Crippen LogP contribution < -0.4 is 0 Å². The number of hydrogen-bond acceptors (Lipinski definition) is 2. The fraction of sp³-hybridized carbons (Fsp3) is 0.400. The molecule has 0 aromatic heterocycles. The summed E-state index contributed by atoms with van der Waals surface area (Å²) in [5, 5.41) is 0. The van der Waals surface area contributed by atoms with Gasteiger partial charge < -0.3 is 0 Å². The van der Waals surface area contributed by atoms with Crippen LogP contribution in [0.3, 0.4) is 0 Å². The van der Waals surface area contributed by atoms with Crippen LogP contribution in [0.25, 0.3) is 0 Å². The molecule has 0 nitrogen and oxygen atoms in total. The van der Waals surface area contributed by atoms with Crippen LogP contribution in [0.4, 0.5) is 0 Å². The lowest BCUT2D eigenvalue weighted by molar-refractivity contribution is 1.29. The summed E-state index contributed by atoms with van der Waals surface area (Å²) < 4.78 is 0. The molecular weight excluding hydrogens is 184 g/mol. The van der Waals surface area contributed by atoms with Crippen LogP contribution in [0, 0.1) is 0 Å². The molecule has 0 atom stereocenters. The predicted molar refractivity (Wildman–Crippen MR) is 61.9 cm³/mol. The summed E-state index contributed by atoms with van der Waals surface area (Å²) in [5.74, 6) is 0. The topological polar surface area (TPSA) is 0 Å². The van der Waals surface area contributed by atoms with Gasteiger partial charge in [0.05, 0.1) is 0 Å². The Balaban J connectivity index is 2.54. The quantitative estimate of drug-likeness (QED) is 0.430. The van der Waals surface area contributed by atoms with E-state index >= 15 is 0 Å². The zero-order valence-electron chi connectivity index (χ0n) is 6.95. The average Bonchev–Trinajstić information content (AvgIpc) is 2.06. The SMILES string of the molecule is S=C1C/C=C/CC(=S)C/C=C/C1. The molecule has 0 aliphatic heterocycles. The van der Waals surface area contributed by atoms with Gasteiger partial charge in [-0.05, 0) is 25.7 Å². The van der Waals surface area contributed by atoms with Crippen molar-refractivity contribution in [2.45, 2.75) is 25.7 Å². The summed E-state index contributed by atoms with van der Waals surface area (Å²) >= 11 is 10.3. The van der Waals surface area contributed by atoms with Crippen molar-refractivity contribution < 1.29 is 0 Å². The maximum Gasteiger partial charge on any atom is 0.000368 e. The summed E-state index contributed by atoms with van der Waals surface area (Å²) in [7, 11) is 0. The molecule has 0 amide bonds. The lowest BCUT2D eigenvalue weighted by Gasteiger charge is -1.99. The molecule has 0 bridgehead atoms. The molecule has 0 aromatic rings. The summed E-state index contributed by atoms with van der Waals surface area (Å²) in [6.07, 6.45) is 12.2. The first kappa shape index (κ1) is 9.75. The maximum atomic E-state index is 5.15. The van der Waals surface area contributed by atoms with E-state index in [0.29, 0.717) is 0 Å². The highest BCUT2D eigenvalue weighted by atomic mass is 32.1. The normalized spacial score (nSPS) is 25.0. The molecule has 0 aromatic carbocycles. The monoisotopic (exact) mass is 196 g/mol. The third kappa shape index (κ3) is 3.88. The third-order valence-electron chi connectivity index (χ3n) is 1.72. The second kappa shape index (κ2) is 5.33. The van der Waals surface area contributed by atoms with Crippen LogP contribution in [0.1, 0.15) is 25.7 Å². The number of allylic oxidation sites excluding steroid dienone is 4. The second-order valence-corrected chi connectivity index (χ2v) is 3.99. The highest BCUT2D eigenvalue weighted by Crippen LogP contribution is 2.04. The highest BCUT2D eigenvalue weighted by molar-refractivity contribution is 7.80. The van der Waals surface area contributed by atoms with Gasteiger partial charge in [0.15, 0.2) is 0 Å². The van der Waals surface area contributed by atoms with Crippen LogP contribution in [0.5, 0.6) is 0 Å². The molecule has 1 aliphatic rings. The average molecular weight is 196 g/mol. The molecule has 64 valence electrons. The van der Waals surface area contributed by atoms with Crippen LogP contribution in [0.15, 0.2) is 24.3 Å². The smallest absolute Gasteiger partial charge is 0.000368 e. The Morgan fingerprint density at radius 1 is 0.667 bits per heavy atom. The van der Waals surface area contributed by atoms with E-state index in [9.17, 15) is 0 Å². The molecule has 0 saturated heterocycles. The minimum Gasteiger partial charge on any atom is -0.0890 e. The first-order chi connectivity index (χ1) is 5.79. The number of rotatable bonds is 0. The maximum absolute atomic E-state index is 5.15. The first-order valence-corrected chi connectivity index (χ1v) is 4.94. The van der Waals surface area contributed by atoms with Crippen LogP contribution in [0.2, 0.25) is 0 Å². The molecule has 0 fully saturated rings. The minimum absolute atomic E-state index is 0.919. The van der Waals surface area contributed by atoms with Crippen molar-refractivity contribution in [1.29, 1.82) is 0 Å². The van der Waals surface area contributed by atoms with Gasteiger partial charge in [0, 0.05) is 9.73 Å². The third-order valence-corrected chi connectivity index (χ3v) is 2.38. The van der Waals surface area contributed by atoms with Crippen molar-refractivity contribution in [2.75, 3.05) is 0 Å². The Morgan fingerprint density at radius 3 is 1.17 bits per heavy atom. The van der Waals surface area contributed by atoms with Crippen LogP contribution in [-0.2, 0) is 0 Å². The van der Waals surface area contributed by atoms with Gasteiger partial charge in [-0.25, -0.2) is 0 Å². The van der Waals surface area contributed by atoms with E-state index in [1.807, 2.05) is 0 Å². The van der Waals surface area contributed by atoms with Gasteiger partial charge in [-0.2, -0.15) is 0 Å². The molecule has 12 heavy (non-hydrogen) atoms. The Kier molecular flexibility index (Phi) is 4.33. The minimum atomic E-state index is 0.919. The standard InChI is InChI=1S/C10H12S2/c11-9-5-1-2-6-10(12)8-4-3-7-9/h1-4H,5-8H2/b2-1+,4-3+. The van der Waals surface area contributed by atoms with Crippen molar-refractivity contribution in [2.24, 2.45) is 0 Å². The largest absolute Gasteiger partial charge is 0.0890 e. The molecule has 0 heterocycles. The molecule has 1 rings (SSSR count). The van der Waals surface area contributed by atoms with Crippen LogP contribution in [-0.4, -0.2) is 9.73 Å². The Morgan fingerprint density at radius 2 is 0.917 bits per heavy atom. The molecule has 0 radical (unpaired) electrons. The van der Waals surface area contributed by atoms with E-state index in [2.05, 4.69) is 24.3 Å². The Bertz CT molecular complexity index is 190. The van der Waals surface area contributed by atoms with Gasteiger partial charge in [-0.1, -0.05) is 48.7 Å². The Hall–Kier alpha value is -0.340. The van der Waals surface area contributed by atoms with Crippen molar-refractivity contribution in [1.82, 2.24) is 0 Å². The molecular formula is C10H12S2. The van der Waals surface area contributed by atoms with Crippen molar-refractivity contribution in [3.8, 4) is 0 Å². The van der Waals surface area contributed by atoms with E-state index in [1.54, 1.807) is 0 Å². The van der Waals surface area contributed by atoms with Gasteiger partial charge in [-0.3, -0.25) is 0 Å². The van der Waals surface area contributed by atoms with Gasteiger partial charge in [0.25, 0.3) is 0 Å². The first-order valence-electron chi connectivity index (χ1n) is 4.12. The molecule has 0 N–H and O–H groups in total. The lowest BCUT2D eigenvalue weighted by Crippen LogP contribution is -1.94. The zero-order chi connectivity index (χ0) is 8.81. The fourth-order valence-corrected chi connectivity index (χ4v) is 1.41. The van der Waals surface area contributed by atoms with E-state index in [0.717, 1.165) is 35.4 Å². The van der Waals surface area contributed by atoms with Gasteiger partial charge in [-0.15, -0.1) is 0 Å². The highest BCUT2D eigenvalue weighted by Gasteiger charge is 1.95. The lowest BCUT2D eigenvalue weighted by atomic mass is 10.1. The summed E-state index contributed by atoms with van der Waals surface area (Å²) in [6, 6.07) is 0. The number of thiocarbonyl (C=S) groups is 2.